The number of hydrogen-bond acceptors (Lipinski definition) is 3. The van der Waals surface area contributed by atoms with E-state index in [1.165, 1.54) is 0 Å². The Bertz CT molecular complexity index is 598. The molecule has 1 amide bonds. The average Bonchev–Trinajstić information content (AvgIpc) is 2.42. The minimum atomic E-state index is -0.0729. The van der Waals surface area contributed by atoms with Gasteiger partial charge in [0.25, 0.3) is 0 Å². The van der Waals surface area contributed by atoms with Crippen molar-refractivity contribution in [2.75, 3.05) is 29.5 Å². The van der Waals surface area contributed by atoms with Gasteiger partial charge >= 0.3 is 0 Å². The first-order valence-corrected chi connectivity index (χ1v) is 6.96. The smallest absolute Gasteiger partial charge is 0.243 e. The van der Waals surface area contributed by atoms with Gasteiger partial charge in [0.15, 0.2) is 0 Å². The van der Waals surface area contributed by atoms with Gasteiger partial charge in [0.2, 0.25) is 5.91 Å². The maximum absolute atomic E-state index is 12.0. The summed E-state index contributed by atoms with van der Waals surface area (Å²) < 4.78 is 0.864. The van der Waals surface area contributed by atoms with Crippen molar-refractivity contribution < 1.29 is 4.79 Å². The van der Waals surface area contributed by atoms with Crippen LogP contribution in [0.25, 0.3) is 0 Å². The summed E-state index contributed by atoms with van der Waals surface area (Å²) in [6.45, 7) is 0.269. The van der Waals surface area contributed by atoms with E-state index in [9.17, 15) is 4.79 Å². The van der Waals surface area contributed by atoms with Crippen LogP contribution in [0, 0.1) is 0 Å². The minimum absolute atomic E-state index is 0.0729. The lowest BCUT2D eigenvalue weighted by atomic mass is 10.2. The number of anilines is 3. The fraction of sp³-hybridized carbons (Fsp3) is 0.133. The molecule has 0 aliphatic carbocycles. The molecule has 0 aliphatic heterocycles. The maximum Gasteiger partial charge on any atom is 0.243 e. The molecule has 0 spiro atoms. The van der Waals surface area contributed by atoms with Crippen LogP contribution >= 0.6 is 15.9 Å². The molecule has 0 aliphatic rings. The molecule has 0 unspecified atom stereocenters. The first-order valence-electron chi connectivity index (χ1n) is 6.17. The van der Waals surface area contributed by atoms with Crippen LogP contribution in [0.2, 0.25) is 0 Å². The Morgan fingerprint density at radius 1 is 1.20 bits per heavy atom. The predicted octanol–water partition coefficient (Wildman–Crippen LogP) is 3.11. The molecule has 0 atom stereocenters. The van der Waals surface area contributed by atoms with Crippen molar-refractivity contribution in [2.45, 2.75) is 0 Å². The SMILES string of the molecule is CN(CC(=O)Nc1ccccc1Br)c1ccc(N)cc1. The topological polar surface area (TPSA) is 58.4 Å². The number of carbonyl (C=O) groups excluding carboxylic acids is 1. The Morgan fingerprint density at radius 3 is 2.50 bits per heavy atom. The van der Waals surface area contributed by atoms with E-state index < -0.39 is 0 Å². The van der Waals surface area contributed by atoms with E-state index >= 15 is 0 Å². The number of amides is 1. The van der Waals surface area contributed by atoms with Gasteiger partial charge in [0.05, 0.1) is 12.2 Å². The van der Waals surface area contributed by atoms with Crippen molar-refractivity contribution in [1.29, 1.82) is 0 Å². The van der Waals surface area contributed by atoms with Gasteiger partial charge in [-0.15, -0.1) is 0 Å². The van der Waals surface area contributed by atoms with Gasteiger partial charge in [-0.3, -0.25) is 4.79 Å². The molecule has 0 radical (unpaired) electrons. The summed E-state index contributed by atoms with van der Waals surface area (Å²) in [6, 6.07) is 14.9. The van der Waals surface area contributed by atoms with E-state index in [-0.39, 0.29) is 12.5 Å². The second-order valence-electron chi connectivity index (χ2n) is 4.48. The van der Waals surface area contributed by atoms with Gasteiger partial charge in [-0.2, -0.15) is 0 Å². The molecule has 0 fully saturated rings. The zero-order chi connectivity index (χ0) is 14.5. The third-order valence-electron chi connectivity index (χ3n) is 2.86. The normalized spacial score (nSPS) is 10.1. The van der Waals surface area contributed by atoms with Crippen LogP contribution < -0.4 is 16.0 Å². The Morgan fingerprint density at radius 2 is 1.85 bits per heavy atom. The number of nitrogens with one attached hydrogen (secondary N) is 1. The fourth-order valence-electron chi connectivity index (χ4n) is 1.79. The standard InChI is InChI=1S/C15H16BrN3O/c1-19(12-8-6-11(17)7-9-12)10-15(20)18-14-5-3-2-4-13(14)16/h2-9H,10,17H2,1H3,(H,18,20). The Balaban J connectivity index is 1.98. The highest BCUT2D eigenvalue weighted by Gasteiger charge is 2.09. The molecule has 20 heavy (non-hydrogen) atoms. The number of likely N-dealkylation sites (N-methyl/N-ethyl adjacent to an activating group) is 1. The molecular weight excluding hydrogens is 318 g/mol. The quantitative estimate of drug-likeness (QED) is 0.845. The van der Waals surface area contributed by atoms with Gasteiger partial charge in [0.1, 0.15) is 0 Å². The number of rotatable bonds is 4. The molecule has 0 saturated carbocycles. The summed E-state index contributed by atoms with van der Waals surface area (Å²) in [5, 5.41) is 2.87. The van der Waals surface area contributed by atoms with Crippen LogP contribution in [-0.4, -0.2) is 19.5 Å². The summed E-state index contributed by atoms with van der Waals surface area (Å²) in [6.07, 6.45) is 0. The van der Waals surface area contributed by atoms with Crippen molar-refractivity contribution in [3.05, 3.63) is 53.0 Å². The zero-order valence-corrected chi connectivity index (χ0v) is 12.7. The molecular formula is C15H16BrN3O. The predicted molar refractivity (Wildman–Crippen MR) is 86.9 cm³/mol. The van der Waals surface area contributed by atoms with Gasteiger partial charge in [0, 0.05) is 22.9 Å². The number of carbonyl (C=O) groups is 1. The molecule has 0 bridgehead atoms. The number of benzene rings is 2. The van der Waals surface area contributed by atoms with Crippen molar-refractivity contribution >= 4 is 38.9 Å². The summed E-state index contributed by atoms with van der Waals surface area (Å²) in [4.78, 5) is 13.9. The van der Waals surface area contributed by atoms with Crippen molar-refractivity contribution in [2.24, 2.45) is 0 Å². The van der Waals surface area contributed by atoms with Crippen molar-refractivity contribution in [1.82, 2.24) is 0 Å². The number of nitrogens with two attached hydrogens (primary N) is 1. The van der Waals surface area contributed by atoms with Crippen LogP contribution in [0.1, 0.15) is 0 Å². The second-order valence-corrected chi connectivity index (χ2v) is 5.33. The molecule has 0 aromatic heterocycles. The lowest BCUT2D eigenvalue weighted by Gasteiger charge is -2.19. The number of para-hydroxylation sites is 1. The zero-order valence-electron chi connectivity index (χ0n) is 11.1. The summed E-state index contributed by atoms with van der Waals surface area (Å²) in [7, 11) is 1.87. The Hall–Kier alpha value is -2.01. The summed E-state index contributed by atoms with van der Waals surface area (Å²) in [5.41, 5.74) is 8.06. The molecule has 2 rings (SSSR count). The van der Waals surface area contributed by atoms with Crippen LogP contribution in [0.3, 0.4) is 0 Å². The van der Waals surface area contributed by atoms with Gasteiger partial charge in [-0.1, -0.05) is 12.1 Å². The van der Waals surface area contributed by atoms with E-state index in [0.717, 1.165) is 15.8 Å². The van der Waals surface area contributed by atoms with E-state index in [2.05, 4.69) is 21.2 Å². The number of nitrogens with zero attached hydrogens (tertiary/aromatic N) is 1. The maximum atomic E-state index is 12.0. The molecule has 0 saturated heterocycles. The first-order chi connectivity index (χ1) is 9.56. The molecule has 104 valence electrons. The molecule has 3 N–H and O–H groups in total. The van der Waals surface area contributed by atoms with Crippen LogP contribution in [0.15, 0.2) is 53.0 Å². The molecule has 2 aromatic rings. The lowest BCUT2D eigenvalue weighted by Crippen LogP contribution is -2.30. The number of halogens is 1. The molecule has 4 nitrogen and oxygen atoms in total. The van der Waals surface area contributed by atoms with E-state index in [0.29, 0.717) is 5.69 Å². The number of hydrogen-bond donors (Lipinski definition) is 2. The van der Waals surface area contributed by atoms with Crippen LogP contribution in [0.5, 0.6) is 0 Å². The van der Waals surface area contributed by atoms with Gasteiger partial charge in [-0.05, 0) is 52.3 Å². The minimum Gasteiger partial charge on any atom is -0.399 e. The third-order valence-corrected chi connectivity index (χ3v) is 3.55. The highest BCUT2D eigenvalue weighted by molar-refractivity contribution is 9.10. The Labute approximate surface area is 126 Å². The van der Waals surface area contributed by atoms with Crippen LogP contribution in [0.4, 0.5) is 17.1 Å². The lowest BCUT2D eigenvalue weighted by molar-refractivity contribution is -0.114. The van der Waals surface area contributed by atoms with E-state index in [1.54, 1.807) is 0 Å². The highest BCUT2D eigenvalue weighted by atomic mass is 79.9. The largest absolute Gasteiger partial charge is 0.399 e. The first kappa shape index (κ1) is 14.4. The summed E-state index contributed by atoms with van der Waals surface area (Å²) >= 11 is 3.40. The fourth-order valence-corrected chi connectivity index (χ4v) is 2.17. The van der Waals surface area contributed by atoms with E-state index in [1.807, 2.05) is 60.5 Å². The van der Waals surface area contributed by atoms with Crippen molar-refractivity contribution in [3.8, 4) is 0 Å². The van der Waals surface area contributed by atoms with Gasteiger partial charge in [-0.25, -0.2) is 0 Å². The molecule has 5 heteroatoms. The van der Waals surface area contributed by atoms with Crippen LogP contribution in [-0.2, 0) is 4.79 Å². The monoisotopic (exact) mass is 333 g/mol. The second kappa shape index (κ2) is 6.43. The van der Waals surface area contributed by atoms with Crippen molar-refractivity contribution in [3.63, 3.8) is 0 Å². The summed E-state index contributed by atoms with van der Waals surface area (Å²) in [5.74, 6) is -0.0729. The molecule has 0 heterocycles. The van der Waals surface area contributed by atoms with E-state index in [4.69, 9.17) is 5.73 Å². The van der Waals surface area contributed by atoms with Gasteiger partial charge < -0.3 is 16.0 Å². The Kier molecular flexibility index (Phi) is 4.63. The number of nitrogen functional groups attached to an aromatic ring is 1. The third kappa shape index (κ3) is 3.74. The highest BCUT2D eigenvalue weighted by Crippen LogP contribution is 2.21. The average molecular weight is 334 g/mol. The molecule has 2 aromatic carbocycles.